The Balaban J connectivity index is 2.34. The number of rotatable bonds is 6. The summed E-state index contributed by atoms with van der Waals surface area (Å²) in [6.07, 6.45) is 2.75. The Kier molecular flexibility index (Phi) is 6.62. The monoisotopic (exact) mass is 272 g/mol. The highest BCUT2D eigenvalue weighted by molar-refractivity contribution is 5.75. The van der Waals surface area contributed by atoms with Gasteiger partial charge in [0.25, 0.3) is 0 Å². The minimum atomic E-state index is -0.918. The van der Waals surface area contributed by atoms with Gasteiger partial charge in [-0.05, 0) is 25.2 Å². The van der Waals surface area contributed by atoms with Crippen LogP contribution in [0.1, 0.15) is 39.5 Å². The van der Waals surface area contributed by atoms with E-state index in [1.165, 1.54) is 0 Å². The van der Waals surface area contributed by atoms with E-state index in [0.717, 1.165) is 25.9 Å². The van der Waals surface area contributed by atoms with Gasteiger partial charge >= 0.3 is 12.0 Å². The molecule has 0 bridgehead atoms. The van der Waals surface area contributed by atoms with Crippen LogP contribution in [0.3, 0.4) is 0 Å². The number of ether oxygens (including phenoxy) is 1. The van der Waals surface area contributed by atoms with Crippen LogP contribution in [0.15, 0.2) is 0 Å². The van der Waals surface area contributed by atoms with Crippen LogP contribution < -0.4 is 10.6 Å². The van der Waals surface area contributed by atoms with E-state index in [9.17, 15) is 9.59 Å². The fourth-order valence-electron chi connectivity index (χ4n) is 2.20. The molecule has 0 aliphatic carbocycles. The third-order valence-electron chi connectivity index (χ3n) is 3.08. The number of carboxylic acids is 1. The molecule has 0 radical (unpaired) electrons. The molecule has 1 aliphatic heterocycles. The van der Waals surface area contributed by atoms with E-state index in [-0.39, 0.29) is 31.1 Å². The van der Waals surface area contributed by atoms with E-state index in [1.807, 2.05) is 0 Å². The van der Waals surface area contributed by atoms with Crippen LogP contribution in [0, 0.1) is 5.92 Å². The lowest BCUT2D eigenvalue weighted by molar-refractivity contribution is -0.136. The topological polar surface area (TPSA) is 87.7 Å². The van der Waals surface area contributed by atoms with Crippen molar-refractivity contribution in [1.82, 2.24) is 10.6 Å². The highest BCUT2D eigenvalue weighted by Crippen LogP contribution is 2.20. The van der Waals surface area contributed by atoms with E-state index in [1.54, 1.807) is 0 Å². The zero-order valence-electron chi connectivity index (χ0n) is 11.6. The summed E-state index contributed by atoms with van der Waals surface area (Å²) in [5.74, 6) is -0.401. The average molecular weight is 272 g/mol. The van der Waals surface area contributed by atoms with Crippen molar-refractivity contribution in [2.24, 2.45) is 5.92 Å². The van der Waals surface area contributed by atoms with Gasteiger partial charge in [0, 0.05) is 13.2 Å². The zero-order chi connectivity index (χ0) is 14.3. The molecule has 0 aromatic rings. The van der Waals surface area contributed by atoms with E-state index in [0.29, 0.717) is 5.92 Å². The van der Waals surface area contributed by atoms with Gasteiger partial charge in [-0.1, -0.05) is 13.8 Å². The number of urea groups is 1. The van der Waals surface area contributed by atoms with Crippen molar-refractivity contribution in [3.63, 3.8) is 0 Å². The number of carbonyl (C=O) groups excluding carboxylic acids is 1. The van der Waals surface area contributed by atoms with Crippen molar-refractivity contribution in [1.29, 1.82) is 0 Å². The van der Waals surface area contributed by atoms with Gasteiger partial charge in [0.2, 0.25) is 0 Å². The third kappa shape index (κ3) is 6.42. The zero-order valence-corrected chi connectivity index (χ0v) is 11.6. The molecule has 0 aromatic heterocycles. The molecule has 1 fully saturated rings. The number of amides is 2. The number of carbonyl (C=O) groups is 2. The fraction of sp³-hybridized carbons (Fsp3) is 0.846. The van der Waals surface area contributed by atoms with Crippen molar-refractivity contribution in [3.8, 4) is 0 Å². The second kappa shape index (κ2) is 7.99. The summed E-state index contributed by atoms with van der Waals surface area (Å²) in [7, 11) is 0. The molecule has 0 aromatic carbocycles. The number of hydrogen-bond acceptors (Lipinski definition) is 3. The molecule has 1 heterocycles. The van der Waals surface area contributed by atoms with Crippen molar-refractivity contribution < 1.29 is 19.4 Å². The molecular weight excluding hydrogens is 248 g/mol. The first-order chi connectivity index (χ1) is 8.99. The first-order valence-corrected chi connectivity index (χ1v) is 6.86. The van der Waals surface area contributed by atoms with Crippen LogP contribution >= 0.6 is 0 Å². The van der Waals surface area contributed by atoms with Crippen molar-refractivity contribution >= 4 is 12.0 Å². The Bertz CT molecular complexity index is 307. The summed E-state index contributed by atoms with van der Waals surface area (Å²) in [6.45, 7) is 5.14. The molecule has 3 N–H and O–H groups in total. The molecule has 2 atom stereocenters. The van der Waals surface area contributed by atoms with Gasteiger partial charge in [-0.3, -0.25) is 4.79 Å². The third-order valence-corrected chi connectivity index (χ3v) is 3.08. The van der Waals surface area contributed by atoms with Crippen LogP contribution in [0.4, 0.5) is 4.79 Å². The molecular formula is C13H24N2O4. The maximum atomic E-state index is 11.7. The van der Waals surface area contributed by atoms with Crippen LogP contribution in [0.2, 0.25) is 0 Å². The Labute approximate surface area is 113 Å². The molecule has 6 nitrogen and oxygen atoms in total. The number of nitrogens with one attached hydrogen (secondary N) is 2. The Hall–Kier alpha value is -1.30. The maximum absolute atomic E-state index is 11.7. The lowest BCUT2D eigenvalue weighted by Crippen LogP contribution is -2.51. The molecule has 1 saturated heterocycles. The molecule has 6 heteroatoms. The van der Waals surface area contributed by atoms with E-state index < -0.39 is 5.97 Å². The summed E-state index contributed by atoms with van der Waals surface area (Å²) in [5, 5.41) is 13.9. The number of aliphatic carboxylic acids is 1. The molecule has 0 saturated carbocycles. The van der Waals surface area contributed by atoms with E-state index >= 15 is 0 Å². The van der Waals surface area contributed by atoms with Crippen LogP contribution in [-0.2, 0) is 9.53 Å². The summed E-state index contributed by atoms with van der Waals surface area (Å²) < 4.78 is 5.71. The minimum Gasteiger partial charge on any atom is -0.481 e. The largest absolute Gasteiger partial charge is 0.481 e. The second-order valence-electron chi connectivity index (χ2n) is 5.33. The van der Waals surface area contributed by atoms with Gasteiger partial charge in [0.1, 0.15) is 0 Å². The molecule has 110 valence electrons. The normalized spacial score (nSPS) is 23.1. The first-order valence-electron chi connectivity index (χ1n) is 6.86. The first kappa shape index (κ1) is 15.8. The fourth-order valence-corrected chi connectivity index (χ4v) is 2.20. The van der Waals surface area contributed by atoms with E-state index in [4.69, 9.17) is 9.84 Å². The highest BCUT2D eigenvalue weighted by atomic mass is 16.5. The predicted molar refractivity (Wildman–Crippen MR) is 71.0 cm³/mol. The predicted octanol–water partition coefficient (Wildman–Crippen LogP) is 1.35. The summed E-state index contributed by atoms with van der Waals surface area (Å²) in [5.41, 5.74) is 0. The Morgan fingerprint density at radius 1 is 1.42 bits per heavy atom. The molecule has 2 amide bonds. The SMILES string of the molecule is CC(C)CC1OCCCC1NC(=O)NCCC(=O)O. The summed E-state index contributed by atoms with van der Waals surface area (Å²) >= 11 is 0. The van der Waals surface area contributed by atoms with Crippen LogP contribution in [0.5, 0.6) is 0 Å². The van der Waals surface area contributed by atoms with Crippen molar-refractivity contribution in [2.45, 2.75) is 51.7 Å². The van der Waals surface area contributed by atoms with Crippen molar-refractivity contribution in [3.05, 3.63) is 0 Å². The smallest absolute Gasteiger partial charge is 0.315 e. The van der Waals surface area contributed by atoms with Gasteiger partial charge in [0.05, 0.1) is 18.6 Å². The van der Waals surface area contributed by atoms with Gasteiger partial charge < -0.3 is 20.5 Å². The Morgan fingerprint density at radius 2 is 2.16 bits per heavy atom. The molecule has 19 heavy (non-hydrogen) atoms. The number of hydrogen-bond donors (Lipinski definition) is 3. The lowest BCUT2D eigenvalue weighted by atomic mass is 9.95. The molecule has 1 rings (SSSR count). The molecule has 2 unspecified atom stereocenters. The number of carboxylic acid groups (broad SMARTS) is 1. The van der Waals surface area contributed by atoms with Crippen LogP contribution in [-0.4, -0.2) is 42.4 Å². The van der Waals surface area contributed by atoms with Gasteiger partial charge in [-0.15, -0.1) is 0 Å². The quantitative estimate of drug-likeness (QED) is 0.681. The highest BCUT2D eigenvalue weighted by Gasteiger charge is 2.27. The second-order valence-corrected chi connectivity index (χ2v) is 5.33. The lowest BCUT2D eigenvalue weighted by Gasteiger charge is -2.33. The van der Waals surface area contributed by atoms with Crippen molar-refractivity contribution in [2.75, 3.05) is 13.2 Å². The average Bonchev–Trinajstić information content (AvgIpc) is 2.30. The molecule has 1 aliphatic rings. The van der Waals surface area contributed by atoms with Gasteiger partial charge in [0.15, 0.2) is 0 Å². The van der Waals surface area contributed by atoms with E-state index in [2.05, 4.69) is 24.5 Å². The molecule has 0 spiro atoms. The minimum absolute atomic E-state index is 0.0148. The summed E-state index contributed by atoms with van der Waals surface area (Å²) in [6, 6.07) is -0.300. The Morgan fingerprint density at radius 3 is 2.79 bits per heavy atom. The maximum Gasteiger partial charge on any atom is 0.315 e. The standard InChI is InChI=1S/C13H24N2O4/c1-9(2)8-11-10(4-3-7-19-11)15-13(18)14-6-5-12(16)17/h9-11H,3-8H2,1-2H3,(H,16,17)(H2,14,15,18). The van der Waals surface area contributed by atoms with Gasteiger partial charge in [-0.2, -0.15) is 0 Å². The van der Waals surface area contributed by atoms with Crippen LogP contribution in [0.25, 0.3) is 0 Å². The van der Waals surface area contributed by atoms with Gasteiger partial charge in [-0.25, -0.2) is 4.79 Å². The summed E-state index contributed by atoms with van der Waals surface area (Å²) in [4.78, 5) is 22.0.